The second-order valence-electron chi connectivity index (χ2n) is 15.4. The van der Waals surface area contributed by atoms with E-state index in [1.54, 1.807) is 0 Å². The van der Waals surface area contributed by atoms with Crippen LogP contribution in [0.3, 0.4) is 0 Å². The first kappa shape index (κ1) is 34.5. The van der Waals surface area contributed by atoms with Crippen LogP contribution < -0.4 is 0 Å². The van der Waals surface area contributed by atoms with Crippen LogP contribution in [0.1, 0.15) is 22.3 Å². The number of rotatable bonds is 6. The fraction of sp³-hybridized carbons (Fsp3) is 0.0179. The molecule has 0 saturated heterocycles. The maximum Gasteiger partial charge on any atom is 0.164 e. The number of aromatic nitrogens is 3. The third kappa shape index (κ3) is 5.24. The van der Waals surface area contributed by atoms with Crippen molar-refractivity contribution in [1.82, 2.24) is 15.0 Å². The minimum Gasteiger partial charge on any atom is -0.208 e. The molecule has 2 heterocycles. The first-order valence-electron chi connectivity index (χ1n) is 20.4. The maximum atomic E-state index is 5.11. The number of hydrogen-bond acceptors (Lipinski definition) is 4. The third-order valence-electron chi connectivity index (χ3n) is 12.2. The summed E-state index contributed by atoms with van der Waals surface area (Å²) in [6.07, 6.45) is 0. The van der Waals surface area contributed by atoms with Crippen LogP contribution in [0.15, 0.2) is 212 Å². The molecule has 0 bridgehead atoms. The number of benzene rings is 9. The molecule has 0 unspecified atom stereocenters. The first-order valence-corrected chi connectivity index (χ1v) is 21.2. The Morgan fingerprint density at radius 3 is 1.48 bits per heavy atom. The second kappa shape index (κ2) is 13.8. The van der Waals surface area contributed by atoms with Gasteiger partial charge in [-0.25, -0.2) is 15.0 Å². The van der Waals surface area contributed by atoms with Gasteiger partial charge in [-0.05, 0) is 73.5 Å². The van der Waals surface area contributed by atoms with E-state index in [2.05, 4.69) is 176 Å². The highest BCUT2D eigenvalue weighted by Crippen LogP contribution is 2.57. The minimum absolute atomic E-state index is 0.441. The standard InChI is InChI=1S/C56H35N3S/c1-4-17-36(18-5-1)53-57-54(37-19-6-2-7-20-37)59-55(58-53)46-34-33-42(40-23-10-11-24-41(40)46)45-27-16-30-50-52(45)47-32-31-39(35-51(47)60-50)56(38-21-8-3-9-22-38)48-28-14-12-25-43(48)44-26-13-15-29-49(44)56/h1-35H. The average molecular weight is 782 g/mol. The molecule has 0 N–H and O–H groups in total. The summed E-state index contributed by atoms with van der Waals surface area (Å²) in [7, 11) is 0. The van der Waals surface area contributed by atoms with E-state index in [-0.39, 0.29) is 0 Å². The Balaban J connectivity index is 1.04. The van der Waals surface area contributed by atoms with E-state index in [9.17, 15) is 0 Å². The van der Waals surface area contributed by atoms with E-state index in [4.69, 9.17) is 15.0 Å². The summed E-state index contributed by atoms with van der Waals surface area (Å²) in [5.74, 6) is 1.96. The molecule has 4 heteroatoms. The van der Waals surface area contributed by atoms with Gasteiger partial charge in [-0.3, -0.25) is 0 Å². The van der Waals surface area contributed by atoms with Gasteiger partial charge in [-0.2, -0.15) is 0 Å². The van der Waals surface area contributed by atoms with Crippen LogP contribution in [0.2, 0.25) is 0 Å². The Kier molecular flexibility index (Phi) is 7.94. The van der Waals surface area contributed by atoms with Gasteiger partial charge in [0.25, 0.3) is 0 Å². The molecule has 11 aromatic rings. The lowest BCUT2D eigenvalue weighted by Crippen LogP contribution is -2.28. The van der Waals surface area contributed by atoms with Crippen molar-refractivity contribution in [2.45, 2.75) is 5.41 Å². The number of nitrogens with zero attached hydrogens (tertiary/aromatic N) is 3. The van der Waals surface area contributed by atoms with Crippen LogP contribution in [-0.2, 0) is 5.41 Å². The molecule has 0 aliphatic heterocycles. The van der Waals surface area contributed by atoms with E-state index >= 15 is 0 Å². The average Bonchev–Trinajstić information content (AvgIpc) is 3.86. The molecule has 9 aromatic carbocycles. The van der Waals surface area contributed by atoms with Crippen LogP contribution in [0.5, 0.6) is 0 Å². The lowest BCUT2D eigenvalue weighted by molar-refractivity contribution is 0.770. The monoisotopic (exact) mass is 781 g/mol. The van der Waals surface area contributed by atoms with Gasteiger partial charge in [0.05, 0.1) is 5.41 Å². The summed E-state index contributed by atoms with van der Waals surface area (Å²) in [6, 6.07) is 76.4. The van der Waals surface area contributed by atoms with E-state index in [1.807, 2.05) is 47.7 Å². The maximum absolute atomic E-state index is 5.11. The van der Waals surface area contributed by atoms with Crippen molar-refractivity contribution in [1.29, 1.82) is 0 Å². The molecule has 2 aromatic heterocycles. The van der Waals surface area contributed by atoms with E-state index in [1.165, 1.54) is 64.7 Å². The van der Waals surface area contributed by atoms with Crippen molar-refractivity contribution in [3.8, 4) is 56.4 Å². The number of thiophene rings is 1. The number of hydrogen-bond donors (Lipinski definition) is 0. The molecule has 0 radical (unpaired) electrons. The van der Waals surface area contributed by atoms with Crippen LogP contribution >= 0.6 is 11.3 Å². The number of fused-ring (bicyclic) bond motifs is 7. The van der Waals surface area contributed by atoms with E-state index < -0.39 is 5.41 Å². The molecule has 0 saturated carbocycles. The zero-order chi connectivity index (χ0) is 39.6. The highest BCUT2D eigenvalue weighted by molar-refractivity contribution is 7.26. The molecule has 0 atom stereocenters. The SMILES string of the molecule is c1ccc(-c2nc(-c3ccccc3)nc(-c3ccc(-c4cccc5sc6cc(C7(c8ccccc8)c8ccccc8-c8ccccc87)ccc6c45)c4ccccc34)n2)cc1. The van der Waals surface area contributed by atoms with Crippen LogP contribution in [0.25, 0.3) is 87.4 Å². The second-order valence-corrected chi connectivity index (χ2v) is 16.5. The third-order valence-corrected chi connectivity index (χ3v) is 13.4. The van der Waals surface area contributed by atoms with Crippen LogP contribution in [0.4, 0.5) is 0 Å². The highest BCUT2D eigenvalue weighted by atomic mass is 32.1. The van der Waals surface area contributed by atoms with Crippen molar-refractivity contribution in [3.63, 3.8) is 0 Å². The van der Waals surface area contributed by atoms with Crippen LogP contribution in [0, 0.1) is 0 Å². The summed E-state index contributed by atoms with van der Waals surface area (Å²) in [4.78, 5) is 15.2. The van der Waals surface area contributed by atoms with Crippen molar-refractivity contribution < 1.29 is 0 Å². The molecule has 60 heavy (non-hydrogen) atoms. The lowest BCUT2D eigenvalue weighted by atomic mass is 9.67. The molecule has 0 fully saturated rings. The molecule has 0 amide bonds. The molecule has 280 valence electrons. The fourth-order valence-electron chi connectivity index (χ4n) is 9.65. The van der Waals surface area contributed by atoms with Crippen molar-refractivity contribution in [3.05, 3.63) is 235 Å². The van der Waals surface area contributed by atoms with Crippen molar-refractivity contribution in [2.24, 2.45) is 0 Å². The van der Waals surface area contributed by atoms with E-state index in [0.29, 0.717) is 17.5 Å². The summed E-state index contributed by atoms with van der Waals surface area (Å²) in [6.45, 7) is 0. The molecule has 3 nitrogen and oxygen atoms in total. The van der Waals surface area contributed by atoms with Gasteiger partial charge < -0.3 is 0 Å². The summed E-state index contributed by atoms with van der Waals surface area (Å²) < 4.78 is 2.55. The Hall–Kier alpha value is -7.53. The van der Waals surface area contributed by atoms with Gasteiger partial charge in [0.15, 0.2) is 17.5 Å². The largest absolute Gasteiger partial charge is 0.208 e. The predicted octanol–water partition coefficient (Wildman–Crippen LogP) is 14.4. The quantitative estimate of drug-likeness (QED) is 0.169. The first-order chi connectivity index (χ1) is 29.8. The zero-order valence-electron chi connectivity index (χ0n) is 32.5. The zero-order valence-corrected chi connectivity index (χ0v) is 33.3. The van der Waals surface area contributed by atoms with Crippen LogP contribution in [-0.4, -0.2) is 15.0 Å². The van der Waals surface area contributed by atoms with Crippen molar-refractivity contribution in [2.75, 3.05) is 0 Å². The molecular formula is C56H35N3S. The predicted molar refractivity (Wildman–Crippen MR) is 249 cm³/mol. The minimum atomic E-state index is -0.441. The van der Waals surface area contributed by atoms with Crippen molar-refractivity contribution >= 4 is 42.3 Å². The van der Waals surface area contributed by atoms with Gasteiger partial charge >= 0.3 is 0 Å². The van der Waals surface area contributed by atoms with Gasteiger partial charge in [-0.15, -0.1) is 11.3 Å². The molecular weight excluding hydrogens is 747 g/mol. The van der Waals surface area contributed by atoms with Gasteiger partial charge in [0.1, 0.15) is 0 Å². The Bertz CT molecular complexity index is 3330. The molecule has 1 aliphatic carbocycles. The summed E-state index contributed by atoms with van der Waals surface area (Å²) >= 11 is 1.88. The van der Waals surface area contributed by atoms with Gasteiger partial charge in [-0.1, -0.05) is 194 Å². The van der Waals surface area contributed by atoms with Gasteiger partial charge in [0, 0.05) is 36.9 Å². The fourth-order valence-corrected chi connectivity index (χ4v) is 10.8. The smallest absolute Gasteiger partial charge is 0.164 e. The molecule has 12 rings (SSSR count). The lowest BCUT2D eigenvalue weighted by Gasteiger charge is -2.33. The summed E-state index contributed by atoms with van der Waals surface area (Å²) in [5, 5.41) is 4.80. The highest BCUT2D eigenvalue weighted by Gasteiger charge is 2.46. The topological polar surface area (TPSA) is 38.7 Å². The Morgan fingerprint density at radius 1 is 0.317 bits per heavy atom. The molecule has 1 aliphatic rings. The Morgan fingerprint density at radius 2 is 0.833 bits per heavy atom. The van der Waals surface area contributed by atoms with Gasteiger partial charge in [0.2, 0.25) is 0 Å². The molecule has 0 spiro atoms. The van der Waals surface area contributed by atoms with E-state index in [0.717, 1.165) is 27.5 Å². The Labute approximate surface area is 352 Å². The summed E-state index contributed by atoms with van der Waals surface area (Å²) in [5.41, 5.74) is 12.7. The normalized spacial score (nSPS) is 12.8.